The van der Waals surface area contributed by atoms with Gasteiger partial charge in [-0.3, -0.25) is 4.79 Å². The number of nitrogens with one attached hydrogen (secondary N) is 2. The van der Waals surface area contributed by atoms with Crippen LogP contribution >= 0.6 is 0 Å². The van der Waals surface area contributed by atoms with Crippen LogP contribution in [0.4, 0.5) is 5.69 Å². The van der Waals surface area contributed by atoms with Gasteiger partial charge < -0.3 is 15.4 Å². The van der Waals surface area contributed by atoms with E-state index in [1.54, 1.807) is 36.4 Å². The molecule has 0 spiro atoms. The number of hydrogen-bond acceptors (Lipinski definition) is 5. The summed E-state index contributed by atoms with van der Waals surface area (Å²) in [5.74, 6) is 0.228. The average Bonchev–Trinajstić information content (AvgIpc) is 2.59. The predicted octanol–water partition coefficient (Wildman–Crippen LogP) is 2.72. The molecular weight excluding hydrogens is 352 g/mol. The van der Waals surface area contributed by atoms with Crippen molar-refractivity contribution in [3.05, 3.63) is 54.1 Å². The Hall–Kier alpha value is -2.38. The standard InChI is InChI=1S/C19H24N2O4S/c1-14(2)20-12-13-25-16-10-8-15(9-11-16)21-19(22)17-6-4-5-7-18(17)26(3,23)24/h4-11,14,20H,12-13H2,1-3H3,(H,21,22). The SMILES string of the molecule is CC(C)NCCOc1ccc(NC(=O)c2ccccc2S(C)(=O)=O)cc1. The normalized spacial score (nSPS) is 11.4. The summed E-state index contributed by atoms with van der Waals surface area (Å²) in [7, 11) is -3.48. The number of benzene rings is 2. The number of rotatable bonds is 8. The second-order valence-corrected chi connectivity index (χ2v) is 8.19. The molecule has 0 heterocycles. The first-order chi connectivity index (χ1) is 12.3. The summed E-state index contributed by atoms with van der Waals surface area (Å²) in [4.78, 5) is 12.4. The van der Waals surface area contributed by atoms with E-state index < -0.39 is 15.7 Å². The lowest BCUT2D eigenvalue weighted by atomic mass is 10.2. The highest BCUT2D eigenvalue weighted by molar-refractivity contribution is 7.90. The molecule has 0 saturated heterocycles. The van der Waals surface area contributed by atoms with Crippen molar-refractivity contribution in [1.82, 2.24) is 5.32 Å². The highest BCUT2D eigenvalue weighted by atomic mass is 32.2. The number of ether oxygens (including phenoxy) is 1. The molecule has 2 aromatic carbocycles. The smallest absolute Gasteiger partial charge is 0.256 e. The number of sulfone groups is 1. The van der Waals surface area contributed by atoms with Crippen molar-refractivity contribution in [3.8, 4) is 5.75 Å². The molecule has 0 aromatic heterocycles. The van der Waals surface area contributed by atoms with Crippen LogP contribution in [0.1, 0.15) is 24.2 Å². The zero-order valence-corrected chi connectivity index (χ0v) is 16.0. The van der Waals surface area contributed by atoms with Crippen LogP contribution in [0.5, 0.6) is 5.75 Å². The first kappa shape index (κ1) is 19.9. The van der Waals surface area contributed by atoms with Crippen molar-refractivity contribution in [3.63, 3.8) is 0 Å². The Kier molecular flexibility index (Phi) is 6.76. The van der Waals surface area contributed by atoms with Crippen molar-refractivity contribution < 1.29 is 17.9 Å². The second-order valence-electron chi connectivity index (χ2n) is 6.20. The molecule has 0 unspecified atom stereocenters. The predicted molar refractivity (Wildman–Crippen MR) is 103 cm³/mol. The van der Waals surface area contributed by atoms with Gasteiger partial charge in [0.25, 0.3) is 5.91 Å². The number of hydrogen-bond donors (Lipinski definition) is 2. The van der Waals surface area contributed by atoms with E-state index in [1.165, 1.54) is 12.1 Å². The molecule has 2 aromatic rings. The number of anilines is 1. The van der Waals surface area contributed by atoms with Gasteiger partial charge in [-0.25, -0.2) is 8.42 Å². The maximum absolute atomic E-state index is 12.4. The van der Waals surface area contributed by atoms with Gasteiger partial charge in [0.05, 0.1) is 10.5 Å². The number of carbonyl (C=O) groups is 1. The van der Waals surface area contributed by atoms with Gasteiger partial charge in [0.15, 0.2) is 9.84 Å². The first-order valence-electron chi connectivity index (χ1n) is 8.34. The quantitative estimate of drug-likeness (QED) is 0.692. The van der Waals surface area contributed by atoms with Crippen LogP contribution in [0.15, 0.2) is 53.4 Å². The third kappa shape index (κ3) is 5.86. The minimum absolute atomic E-state index is 0.00936. The molecule has 0 radical (unpaired) electrons. The van der Waals surface area contributed by atoms with E-state index in [9.17, 15) is 13.2 Å². The van der Waals surface area contributed by atoms with Crippen molar-refractivity contribution >= 4 is 21.4 Å². The molecule has 0 saturated carbocycles. The first-order valence-corrected chi connectivity index (χ1v) is 10.2. The summed E-state index contributed by atoms with van der Waals surface area (Å²) in [6.45, 7) is 5.43. The lowest BCUT2D eigenvalue weighted by Crippen LogP contribution is -2.27. The van der Waals surface area contributed by atoms with Crippen LogP contribution in [0.2, 0.25) is 0 Å². The summed E-state index contributed by atoms with van der Waals surface area (Å²) in [5.41, 5.74) is 0.682. The van der Waals surface area contributed by atoms with Gasteiger partial charge in [-0.1, -0.05) is 26.0 Å². The summed E-state index contributed by atoms with van der Waals surface area (Å²) in [6.07, 6.45) is 1.08. The number of amides is 1. The fraction of sp³-hybridized carbons (Fsp3) is 0.316. The lowest BCUT2D eigenvalue weighted by Gasteiger charge is -2.11. The third-order valence-corrected chi connectivity index (χ3v) is 4.72. The van der Waals surface area contributed by atoms with Crippen molar-refractivity contribution in [2.75, 3.05) is 24.7 Å². The van der Waals surface area contributed by atoms with E-state index in [4.69, 9.17) is 4.74 Å². The molecule has 26 heavy (non-hydrogen) atoms. The molecule has 0 bridgehead atoms. The molecule has 0 aliphatic rings. The Labute approximate surface area is 154 Å². The van der Waals surface area contributed by atoms with Crippen LogP contribution in [-0.4, -0.2) is 39.8 Å². The maximum atomic E-state index is 12.4. The fourth-order valence-corrected chi connectivity index (χ4v) is 3.21. The van der Waals surface area contributed by atoms with E-state index in [2.05, 4.69) is 24.5 Å². The molecule has 2 rings (SSSR count). The molecule has 0 aliphatic carbocycles. The van der Waals surface area contributed by atoms with Crippen LogP contribution in [-0.2, 0) is 9.84 Å². The van der Waals surface area contributed by atoms with Gasteiger partial charge in [-0.05, 0) is 36.4 Å². The molecule has 0 fully saturated rings. The van der Waals surface area contributed by atoms with Crippen LogP contribution in [0.25, 0.3) is 0 Å². The third-order valence-electron chi connectivity index (χ3n) is 3.57. The maximum Gasteiger partial charge on any atom is 0.256 e. The van der Waals surface area contributed by atoms with Gasteiger partial charge in [-0.2, -0.15) is 0 Å². The zero-order chi connectivity index (χ0) is 19.2. The van der Waals surface area contributed by atoms with Crippen molar-refractivity contribution in [1.29, 1.82) is 0 Å². The molecular formula is C19H24N2O4S. The Morgan fingerprint density at radius 2 is 1.73 bits per heavy atom. The molecule has 0 aliphatic heterocycles. The van der Waals surface area contributed by atoms with Gasteiger partial charge in [0.1, 0.15) is 12.4 Å². The molecule has 1 amide bonds. The zero-order valence-electron chi connectivity index (χ0n) is 15.2. The van der Waals surface area contributed by atoms with E-state index in [1.807, 2.05) is 0 Å². The Morgan fingerprint density at radius 1 is 1.08 bits per heavy atom. The average molecular weight is 376 g/mol. The van der Waals surface area contributed by atoms with E-state index in [0.717, 1.165) is 12.8 Å². The van der Waals surface area contributed by atoms with E-state index in [0.29, 0.717) is 24.1 Å². The molecule has 2 N–H and O–H groups in total. The molecule has 7 heteroatoms. The van der Waals surface area contributed by atoms with Gasteiger partial charge in [0.2, 0.25) is 0 Å². The molecule has 140 valence electrons. The lowest BCUT2D eigenvalue weighted by molar-refractivity contribution is 0.102. The van der Waals surface area contributed by atoms with Crippen LogP contribution in [0, 0.1) is 0 Å². The van der Waals surface area contributed by atoms with Crippen molar-refractivity contribution in [2.45, 2.75) is 24.8 Å². The Balaban J connectivity index is 2.00. The van der Waals surface area contributed by atoms with Crippen LogP contribution < -0.4 is 15.4 Å². The summed E-state index contributed by atoms with van der Waals surface area (Å²) in [6, 6.07) is 13.5. The monoisotopic (exact) mass is 376 g/mol. The highest BCUT2D eigenvalue weighted by Gasteiger charge is 2.18. The van der Waals surface area contributed by atoms with Gasteiger partial charge >= 0.3 is 0 Å². The fourth-order valence-electron chi connectivity index (χ4n) is 2.33. The summed E-state index contributed by atoms with van der Waals surface area (Å²) < 4.78 is 29.3. The van der Waals surface area contributed by atoms with E-state index >= 15 is 0 Å². The minimum atomic E-state index is -3.48. The summed E-state index contributed by atoms with van der Waals surface area (Å²) in [5, 5.41) is 5.97. The van der Waals surface area contributed by atoms with Crippen LogP contribution in [0.3, 0.4) is 0 Å². The van der Waals surface area contributed by atoms with Crippen molar-refractivity contribution in [2.24, 2.45) is 0 Å². The molecule has 6 nitrogen and oxygen atoms in total. The van der Waals surface area contributed by atoms with Gasteiger partial charge in [0, 0.05) is 24.5 Å². The summed E-state index contributed by atoms with van der Waals surface area (Å²) >= 11 is 0. The highest BCUT2D eigenvalue weighted by Crippen LogP contribution is 2.19. The minimum Gasteiger partial charge on any atom is -0.492 e. The Morgan fingerprint density at radius 3 is 2.35 bits per heavy atom. The second kappa shape index (κ2) is 8.82. The largest absolute Gasteiger partial charge is 0.492 e. The topological polar surface area (TPSA) is 84.5 Å². The molecule has 0 atom stereocenters. The van der Waals surface area contributed by atoms with Gasteiger partial charge in [-0.15, -0.1) is 0 Å². The number of carbonyl (C=O) groups excluding carboxylic acids is 1. The Bertz CT molecular complexity index is 846. The van der Waals surface area contributed by atoms with E-state index in [-0.39, 0.29) is 10.5 Å².